The van der Waals surface area contributed by atoms with Gasteiger partial charge in [-0.15, -0.1) is 0 Å². The average molecular weight is 290 g/mol. The number of amides is 1. The highest BCUT2D eigenvalue weighted by atomic mass is 35.5. The van der Waals surface area contributed by atoms with Gasteiger partial charge in [-0.3, -0.25) is 4.79 Å². The summed E-state index contributed by atoms with van der Waals surface area (Å²) in [6, 6.07) is 9.09. The van der Waals surface area contributed by atoms with Crippen LogP contribution in [0.25, 0.3) is 0 Å². The maximum Gasteiger partial charge on any atom is 0.255 e. The second kappa shape index (κ2) is 5.92. The van der Waals surface area contributed by atoms with E-state index in [2.05, 4.69) is 15.6 Å². The van der Waals surface area contributed by atoms with Gasteiger partial charge in [-0.1, -0.05) is 29.8 Å². The highest BCUT2D eigenvalue weighted by molar-refractivity contribution is 6.30. The van der Waals surface area contributed by atoms with Crippen molar-refractivity contribution in [1.82, 2.24) is 4.98 Å². The van der Waals surface area contributed by atoms with Crippen LogP contribution in [-0.2, 0) is 0 Å². The SMILES string of the molecule is CNc1cc(C(=O)Nc2c(C)cccc2C)cc(Cl)n1. The van der Waals surface area contributed by atoms with Crippen molar-refractivity contribution in [3.8, 4) is 0 Å². The lowest BCUT2D eigenvalue weighted by Crippen LogP contribution is -2.14. The molecular weight excluding hydrogens is 274 g/mol. The van der Waals surface area contributed by atoms with Crippen LogP contribution in [0.2, 0.25) is 5.15 Å². The Balaban J connectivity index is 2.31. The van der Waals surface area contributed by atoms with E-state index in [1.807, 2.05) is 32.0 Å². The zero-order chi connectivity index (χ0) is 14.7. The summed E-state index contributed by atoms with van der Waals surface area (Å²) >= 11 is 5.91. The molecule has 1 heterocycles. The quantitative estimate of drug-likeness (QED) is 0.848. The summed E-state index contributed by atoms with van der Waals surface area (Å²) in [5.74, 6) is 0.354. The van der Waals surface area contributed by atoms with E-state index in [4.69, 9.17) is 11.6 Å². The van der Waals surface area contributed by atoms with Gasteiger partial charge in [0.05, 0.1) is 0 Å². The van der Waals surface area contributed by atoms with E-state index >= 15 is 0 Å². The van der Waals surface area contributed by atoms with E-state index in [0.717, 1.165) is 16.8 Å². The number of nitrogens with zero attached hydrogens (tertiary/aromatic N) is 1. The minimum Gasteiger partial charge on any atom is -0.373 e. The van der Waals surface area contributed by atoms with Crippen LogP contribution >= 0.6 is 11.6 Å². The van der Waals surface area contributed by atoms with Crippen molar-refractivity contribution >= 4 is 29.0 Å². The molecule has 0 saturated heterocycles. The Morgan fingerprint density at radius 1 is 1.20 bits per heavy atom. The molecule has 0 aliphatic rings. The summed E-state index contributed by atoms with van der Waals surface area (Å²) in [5, 5.41) is 6.08. The fraction of sp³-hybridized carbons (Fsp3) is 0.200. The molecule has 4 nitrogen and oxygen atoms in total. The Kier molecular flexibility index (Phi) is 4.25. The number of hydrogen-bond acceptors (Lipinski definition) is 3. The molecule has 0 spiro atoms. The van der Waals surface area contributed by atoms with Crippen molar-refractivity contribution in [2.24, 2.45) is 0 Å². The number of carbonyl (C=O) groups excluding carboxylic acids is 1. The Bertz CT molecular complexity index is 635. The van der Waals surface area contributed by atoms with Crippen molar-refractivity contribution in [2.45, 2.75) is 13.8 Å². The van der Waals surface area contributed by atoms with E-state index < -0.39 is 0 Å². The number of para-hydroxylation sites is 1. The second-order valence-corrected chi connectivity index (χ2v) is 4.92. The maximum absolute atomic E-state index is 12.3. The lowest BCUT2D eigenvalue weighted by atomic mass is 10.1. The van der Waals surface area contributed by atoms with Crippen molar-refractivity contribution in [3.05, 3.63) is 52.2 Å². The van der Waals surface area contributed by atoms with Crippen LogP contribution in [-0.4, -0.2) is 17.9 Å². The minimum atomic E-state index is -0.205. The number of hydrogen-bond donors (Lipinski definition) is 2. The highest BCUT2D eigenvalue weighted by Crippen LogP contribution is 2.21. The number of halogens is 1. The first-order valence-electron chi connectivity index (χ1n) is 6.24. The predicted octanol–water partition coefficient (Wildman–Crippen LogP) is 3.65. The fourth-order valence-corrected chi connectivity index (χ4v) is 2.16. The number of pyridine rings is 1. The second-order valence-electron chi connectivity index (χ2n) is 4.53. The maximum atomic E-state index is 12.3. The molecule has 0 aliphatic heterocycles. The van der Waals surface area contributed by atoms with Crippen LogP contribution < -0.4 is 10.6 Å². The van der Waals surface area contributed by atoms with Crippen molar-refractivity contribution in [3.63, 3.8) is 0 Å². The zero-order valence-corrected chi connectivity index (χ0v) is 12.4. The van der Waals surface area contributed by atoms with Crippen molar-refractivity contribution in [1.29, 1.82) is 0 Å². The molecule has 0 atom stereocenters. The standard InChI is InChI=1S/C15H16ClN3O/c1-9-5-4-6-10(2)14(9)19-15(20)11-7-12(16)18-13(8-11)17-3/h4-8H,1-3H3,(H,17,18)(H,19,20). The molecule has 2 N–H and O–H groups in total. The Morgan fingerprint density at radius 3 is 2.45 bits per heavy atom. The van der Waals surface area contributed by atoms with Gasteiger partial charge in [0, 0.05) is 18.3 Å². The Morgan fingerprint density at radius 2 is 1.85 bits per heavy atom. The molecule has 0 radical (unpaired) electrons. The third kappa shape index (κ3) is 3.08. The van der Waals surface area contributed by atoms with Gasteiger partial charge in [0.25, 0.3) is 5.91 Å². The summed E-state index contributed by atoms with van der Waals surface area (Å²) in [6.45, 7) is 3.92. The lowest BCUT2D eigenvalue weighted by molar-refractivity contribution is 0.102. The topological polar surface area (TPSA) is 54.0 Å². The number of aryl methyl sites for hydroxylation is 2. The number of rotatable bonds is 3. The molecule has 1 aromatic heterocycles. The molecule has 0 saturated carbocycles. The molecule has 20 heavy (non-hydrogen) atoms. The first-order valence-corrected chi connectivity index (χ1v) is 6.62. The molecule has 0 aliphatic carbocycles. The lowest BCUT2D eigenvalue weighted by Gasteiger charge is -2.12. The van der Waals surface area contributed by atoms with Crippen molar-refractivity contribution in [2.75, 3.05) is 17.7 Å². The molecule has 2 aromatic rings. The van der Waals surface area contributed by atoms with E-state index in [9.17, 15) is 4.79 Å². The van der Waals surface area contributed by atoms with Gasteiger partial charge in [-0.25, -0.2) is 4.98 Å². The van der Waals surface area contributed by atoms with Gasteiger partial charge in [-0.05, 0) is 37.1 Å². The van der Waals surface area contributed by atoms with E-state index in [-0.39, 0.29) is 11.1 Å². The normalized spacial score (nSPS) is 10.2. The summed E-state index contributed by atoms with van der Waals surface area (Å²) in [7, 11) is 1.73. The molecule has 0 fully saturated rings. The molecular formula is C15H16ClN3O. The molecule has 2 rings (SSSR count). The average Bonchev–Trinajstić information content (AvgIpc) is 2.42. The molecule has 1 aromatic carbocycles. The highest BCUT2D eigenvalue weighted by Gasteiger charge is 2.11. The van der Waals surface area contributed by atoms with E-state index in [1.54, 1.807) is 19.2 Å². The van der Waals surface area contributed by atoms with Crippen LogP contribution in [0.4, 0.5) is 11.5 Å². The van der Waals surface area contributed by atoms with Gasteiger partial charge in [0.15, 0.2) is 0 Å². The van der Waals surface area contributed by atoms with Crippen LogP contribution in [0.15, 0.2) is 30.3 Å². The Labute approximate surface area is 123 Å². The summed E-state index contributed by atoms with van der Waals surface area (Å²) in [4.78, 5) is 16.4. The number of anilines is 2. The third-order valence-corrected chi connectivity index (χ3v) is 3.23. The van der Waals surface area contributed by atoms with E-state index in [0.29, 0.717) is 11.4 Å². The number of nitrogens with one attached hydrogen (secondary N) is 2. The van der Waals surface area contributed by atoms with Crippen LogP contribution in [0.5, 0.6) is 0 Å². The Hall–Kier alpha value is -2.07. The van der Waals surface area contributed by atoms with Gasteiger partial charge in [0.2, 0.25) is 0 Å². The summed E-state index contributed by atoms with van der Waals surface area (Å²) < 4.78 is 0. The predicted molar refractivity (Wildman–Crippen MR) is 82.7 cm³/mol. The fourth-order valence-electron chi connectivity index (χ4n) is 1.95. The van der Waals surface area contributed by atoms with Crippen LogP contribution in [0.3, 0.4) is 0 Å². The monoisotopic (exact) mass is 289 g/mol. The molecule has 104 valence electrons. The summed E-state index contributed by atoms with van der Waals surface area (Å²) in [5.41, 5.74) is 3.34. The number of aromatic nitrogens is 1. The first-order chi connectivity index (χ1) is 9.51. The number of carbonyl (C=O) groups is 1. The smallest absolute Gasteiger partial charge is 0.255 e. The number of benzene rings is 1. The van der Waals surface area contributed by atoms with E-state index in [1.165, 1.54) is 0 Å². The van der Waals surface area contributed by atoms with Gasteiger partial charge < -0.3 is 10.6 Å². The zero-order valence-electron chi connectivity index (χ0n) is 11.6. The van der Waals surface area contributed by atoms with Crippen molar-refractivity contribution < 1.29 is 4.79 Å². The van der Waals surface area contributed by atoms with Gasteiger partial charge >= 0.3 is 0 Å². The first kappa shape index (κ1) is 14.3. The summed E-state index contributed by atoms with van der Waals surface area (Å²) in [6.07, 6.45) is 0. The van der Waals surface area contributed by atoms with Gasteiger partial charge in [0.1, 0.15) is 11.0 Å². The molecule has 0 bridgehead atoms. The largest absolute Gasteiger partial charge is 0.373 e. The molecule has 1 amide bonds. The molecule has 5 heteroatoms. The van der Waals surface area contributed by atoms with Crippen LogP contribution in [0, 0.1) is 13.8 Å². The van der Waals surface area contributed by atoms with Gasteiger partial charge in [-0.2, -0.15) is 0 Å². The van der Waals surface area contributed by atoms with Crippen LogP contribution in [0.1, 0.15) is 21.5 Å². The minimum absolute atomic E-state index is 0.205. The third-order valence-electron chi connectivity index (χ3n) is 3.03. The molecule has 0 unspecified atom stereocenters.